The molecule has 26 heavy (non-hydrogen) atoms. The zero-order valence-electron chi connectivity index (χ0n) is 15.3. The van der Waals surface area contributed by atoms with Gasteiger partial charge in [-0.1, -0.05) is 30.8 Å². The summed E-state index contributed by atoms with van der Waals surface area (Å²) in [6.45, 7) is 5.45. The van der Waals surface area contributed by atoms with Crippen molar-refractivity contribution in [2.45, 2.75) is 19.4 Å². The normalized spacial score (nSPS) is 11.5. The second-order valence-corrected chi connectivity index (χ2v) is 5.92. The van der Waals surface area contributed by atoms with Crippen LogP contribution in [0.4, 0.5) is 0 Å². The van der Waals surface area contributed by atoms with E-state index in [-0.39, 0.29) is 5.97 Å². The Hall–Kier alpha value is -2.79. The Morgan fingerprint density at radius 1 is 1.12 bits per heavy atom. The Morgan fingerprint density at radius 3 is 2.38 bits per heavy atom. The highest BCUT2D eigenvalue weighted by molar-refractivity contribution is 5.86. The van der Waals surface area contributed by atoms with Gasteiger partial charge in [0.1, 0.15) is 17.6 Å². The molecule has 0 saturated carbocycles. The van der Waals surface area contributed by atoms with Crippen LogP contribution in [-0.2, 0) is 16.0 Å². The molecule has 0 heterocycles. The molecule has 0 spiro atoms. The molecular weight excluding hydrogens is 332 g/mol. The maximum Gasteiger partial charge on any atom is 0.333 e. The van der Waals surface area contributed by atoms with Crippen LogP contribution in [0.15, 0.2) is 54.6 Å². The SMILES string of the molecule is C=C(C)C(=O)OCCc1ccc(C(O)c2ccc(OC)cc2OC)cc1. The molecule has 0 aromatic heterocycles. The average Bonchev–Trinajstić information content (AvgIpc) is 2.67. The van der Waals surface area contributed by atoms with Crippen LogP contribution < -0.4 is 9.47 Å². The molecule has 5 nitrogen and oxygen atoms in total. The minimum absolute atomic E-state index is 0.292. The fourth-order valence-electron chi connectivity index (χ4n) is 2.48. The molecule has 0 fully saturated rings. The summed E-state index contributed by atoms with van der Waals surface area (Å²) >= 11 is 0. The number of rotatable bonds is 8. The van der Waals surface area contributed by atoms with Crippen molar-refractivity contribution in [1.82, 2.24) is 0 Å². The first kappa shape index (κ1) is 19.5. The number of aliphatic hydroxyl groups excluding tert-OH is 1. The van der Waals surface area contributed by atoms with Gasteiger partial charge >= 0.3 is 5.97 Å². The number of methoxy groups -OCH3 is 2. The quantitative estimate of drug-likeness (QED) is 0.580. The van der Waals surface area contributed by atoms with Crippen LogP contribution in [0.25, 0.3) is 0 Å². The van der Waals surface area contributed by atoms with Gasteiger partial charge in [0, 0.05) is 23.6 Å². The molecule has 2 aromatic rings. The van der Waals surface area contributed by atoms with Gasteiger partial charge in [-0.15, -0.1) is 0 Å². The van der Waals surface area contributed by atoms with Gasteiger partial charge in [0.15, 0.2) is 0 Å². The summed E-state index contributed by atoms with van der Waals surface area (Å²) in [5.41, 5.74) is 2.81. The van der Waals surface area contributed by atoms with E-state index in [0.717, 1.165) is 11.1 Å². The third-order valence-electron chi connectivity index (χ3n) is 4.00. The van der Waals surface area contributed by atoms with Gasteiger partial charge in [0.05, 0.1) is 20.8 Å². The van der Waals surface area contributed by atoms with E-state index < -0.39 is 6.10 Å². The van der Waals surface area contributed by atoms with Crippen LogP contribution in [-0.4, -0.2) is 31.9 Å². The van der Waals surface area contributed by atoms with Crippen LogP contribution in [0.5, 0.6) is 11.5 Å². The summed E-state index contributed by atoms with van der Waals surface area (Å²) < 4.78 is 15.6. The number of benzene rings is 2. The lowest BCUT2D eigenvalue weighted by molar-refractivity contribution is -0.138. The monoisotopic (exact) mass is 356 g/mol. The highest BCUT2D eigenvalue weighted by Crippen LogP contribution is 2.33. The van der Waals surface area contributed by atoms with Gasteiger partial charge < -0.3 is 19.3 Å². The first-order chi connectivity index (χ1) is 12.5. The maximum atomic E-state index is 11.4. The van der Waals surface area contributed by atoms with Gasteiger partial charge in [0.2, 0.25) is 0 Å². The third-order valence-corrected chi connectivity index (χ3v) is 4.00. The second kappa shape index (κ2) is 9.06. The van der Waals surface area contributed by atoms with Gasteiger partial charge in [-0.2, -0.15) is 0 Å². The van der Waals surface area contributed by atoms with E-state index in [1.807, 2.05) is 24.3 Å². The van der Waals surface area contributed by atoms with Crippen molar-refractivity contribution in [2.75, 3.05) is 20.8 Å². The molecule has 0 radical (unpaired) electrons. The zero-order chi connectivity index (χ0) is 19.1. The number of ether oxygens (including phenoxy) is 3. The Kier molecular flexibility index (Phi) is 6.81. The van der Waals surface area contributed by atoms with Crippen molar-refractivity contribution in [1.29, 1.82) is 0 Å². The predicted octanol–water partition coefficient (Wildman–Crippen LogP) is 3.45. The second-order valence-electron chi connectivity index (χ2n) is 5.92. The van der Waals surface area contributed by atoms with Crippen LogP contribution in [0.2, 0.25) is 0 Å². The molecule has 1 unspecified atom stereocenters. The molecule has 0 bridgehead atoms. The molecule has 0 aliphatic heterocycles. The Balaban J connectivity index is 2.05. The topological polar surface area (TPSA) is 65.0 Å². The van der Waals surface area contributed by atoms with Crippen molar-refractivity contribution in [3.8, 4) is 11.5 Å². The molecule has 2 aromatic carbocycles. The van der Waals surface area contributed by atoms with Crippen LogP contribution in [0.1, 0.15) is 29.7 Å². The van der Waals surface area contributed by atoms with Crippen LogP contribution in [0, 0.1) is 0 Å². The van der Waals surface area contributed by atoms with Gasteiger partial charge in [-0.25, -0.2) is 4.79 Å². The van der Waals surface area contributed by atoms with Crippen molar-refractivity contribution in [3.63, 3.8) is 0 Å². The van der Waals surface area contributed by atoms with E-state index >= 15 is 0 Å². The summed E-state index contributed by atoms with van der Waals surface area (Å²) in [4.78, 5) is 11.4. The van der Waals surface area contributed by atoms with Gasteiger partial charge in [-0.3, -0.25) is 0 Å². The smallest absolute Gasteiger partial charge is 0.333 e. The standard InChI is InChI=1S/C21H24O5/c1-14(2)21(23)26-12-11-15-5-7-16(8-6-15)20(22)18-10-9-17(24-3)13-19(18)25-4/h5-10,13,20,22H,1,11-12H2,2-4H3. The Bertz CT molecular complexity index is 764. The zero-order valence-corrected chi connectivity index (χ0v) is 15.3. The molecule has 0 aliphatic carbocycles. The van der Waals surface area contributed by atoms with Crippen molar-refractivity contribution in [3.05, 3.63) is 71.3 Å². The number of hydrogen-bond donors (Lipinski definition) is 1. The van der Waals surface area contributed by atoms with Gasteiger partial charge in [-0.05, 0) is 30.2 Å². The minimum Gasteiger partial charge on any atom is -0.497 e. The lowest BCUT2D eigenvalue weighted by Crippen LogP contribution is -2.08. The van der Waals surface area contributed by atoms with E-state index in [4.69, 9.17) is 14.2 Å². The fourth-order valence-corrected chi connectivity index (χ4v) is 2.48. The molecule has 0 amide bonds. The van der Waals surface area contributed by atoms with E-state index in [1.54, 1.807) is 39.3 Å². The number of esters is 1. The van der Waals surface area contributed by atoms with E-state index in [0.29, 0.717) is 35.7 Å². The summed E-state index contributed by atoms with van der Waals surface area (Å²) in [6, 6.07) is 12.8. The molecule has 5 heteroatoms. The summed E-state index contributed by atoms with van der Waals surface area (Å²) in [6.07, 6.45) is -0.215. The van der Waals surface area contributed by atoms with Gasteiger partial charge in [0.25, 0.3) is 0 Å². The number of hydrogen-bond acceptors (Lipinski definition) is 5. The third kappa shape index (κ3) is 4.86. The highest BCUT2D eigenvalue weighted by Gasteiger charge is 2.16. The molecule has 138 valence electrons. The first-order valence-corrected chi connectivity index (χ1v) is 8.27. The lowest BCUT2D eigenvalue weighted by Gasteiger charge is -2.16. The van der Waals surface area contributed by atoms with E-state index in [9.17, 15) is 9.90 Å². The van der Waals surface area contributed by atoms with Crippen LogP contribution >= 0.6 is 0 Å². The molecular formula is C21H24O5. The van der Waals surface area contributed by atoms with Crippen molar-refractivity contribution < 1.29 is 24.1 Å². The summed E-state index contributed by atoms with van der Waals surface area (Å²) in [5, 5.41) is 10.7. The first-order valence-electron chi connectivity index (χ1n) is 8.27. The van der Waals surface area contributed by atoms with E-state index in [1.165, 1.54) is 0 Å². The minimum atomic E-state index is -0.814. The number of carbonyl (C=O) groups excluding carboxylic acids is 1. The number of carbonyl (C=O) groups is 1. The Morgan fingerprint density at radius 2 is 1.81 bits per heavy atom. The largest absolute Gasteiger partial charge is 0.497 e. The highest BCUT2D eigenvalue weighted by atomic mass is 16.5. The van der Waals surface area contributed by atoms with Crippen LogP contribution in [0.3, 0.4) is 0 Å². The van der Waals surface area contributed by atoms with E-state index in [2.05, 4.69) is 6.58 Å². The Labute approximate surface area is 153 Å². The summed E-state index contributed by atoms with van der Waals surface area (Å²) in [7, 11) is 3.14. The average molecular weight is 356 g/mol. The fraction of sp³-hybridized carbons (Fsp3) is 0.286. The van der Waals surface area contributed by atoms with Crippen molar-refractivity contribution >= 4 is 5.97 Å². The molecule has 0 saturated heterocycles. The molecule has 1 atom stereocenters. The summed E-state index contributed by atoms with van der Waals surface area (Å²) in [5.74, 6) is 0.841. The number of aliphatic hydroxyl groups is 1. The molecule has 1 N–H and O–H groups in total. The predicted molar refractivity (Wildman–Crippen MR) is 99.5 cm³/mol. The maximum absolute atomic E-state index is 11.4. The molecule has 0 aliphatic rings. The van der Waals surface area contributed by atoms with Crippen molar-refractivity contribution in [2.24, 2.45) is 0 Å². The lowest BCUT2D eigenvalue weighted by atomic mass is 9.99. The molecule has 2 rings (SSSR count).